The van der Waals surface area contributed by atoms with E-state index in [1.165, 1.54) is 5.56 Å². The van der Waals surface area contributed by atoms with E-state index in [9.17, 15) is 9.90 Å². The summed E-state index contributed by atoms with van der Waals surface area (Å²) in [7, 11) is 0. The van der Waals surface area contributed by atoms with Crippen molar-refractivity contribution < 1.29 is 9.90 Å². The van der Waals surface area contributed by atoms with E-state index in [0.29, 0.717) is 13.0 Å². The van der Waals surface area contributed by atoms with Gasteiger partial charge >= 0.3 is 0 Å². The number of carbonyl (C=O) groups excluding carboxylic acids is 1. The second-order valence-electron chi connectivity index (χ2n) is 7.50. The average molecular weight is 343 g/mol. The molecule has 1 fully saturated rings. The van der Waals surface area contributed by atoms with E-state index in [1.807, 2.05) is 32.0 Å². The highest BCUT2D eigenvalue weighted by Gasteiger charge is 2.37. The van der Waals surface area contributed by atoms with Crippen LogP contribution in [-0.2, 0) is 4.79 Å². The quantitative estimate of drug-likeness (QED) is 0.862. The van der Waals surface area contributed by atoms with Crippen molar-refractivity contribution in [3.05, 3.63) is 29.3 Å². The maximum absolute atomic E-state index is 13.0. The Morgan fingerprint density at radius 2 is 2.12 bits per heavy atom. The number of nitrogens with zero attached hydrogens (tertiary/aromatic N) is 3. The van der Waals surface area contributed by atoms with Gasteiger partial charge in [0.25, 0.3) is 0 Å². The monoisotopic (exact) mass is 343 g/mol. The van der Waals surface area contributed by atoms with Crippen LogP contribution in [0, 0.1) is 25.2 Å². The van der Waals surface area contributed by atoms with Crippen LogP contribution in [0.15, 0.2) is 18.2 Å². The molecule has 1 unspecified atom stereocenters. The van der Waals surface area contributed by atoms with Gasteiger partial charge in [-0.05, 0) is 70.3 Å². The lowest BCUT2D eigenvalue weighted by atomic mass is 9.96. The largest absolute Gasteiger partial charge is 0.389 e. The summed E-state index contributed by atoms with van der Waals surface area (Å²) in [5.41, 5.74) is 2.32. The first-order valence-electron chi connectivity index (χ1n) is 8.95. The summed E-state index contributed by atoms with van der Waals surface area (Å²) in [6, 6.07) is 8.07. The number of rotatable bonds is 6. The van der Waals surface area contributed by atoms with E-state index < -0.39 is 5.60 Å². The molecule has 1 aliphatic rings. The summed E-state index contributed by atoms with van der Waals surface area (Å²) in [4.78, 5) is 16.7. The van der Waals surface area contributed by atoms with Crippen LogP contribution in [0.25, 0.3) is 0 Å². The molecule has 1 aliphatic heterocycles. The van der Waals surface area contributed by atoms with E-state index in [1.54, 1.807) is 18.7 Å². The van der Waals surface area contributed by atoms with Crippen molar-refractivity contribution >= 4 is 11.6 Å². The number of amides is 1. The highest BCUT2D eigenvalue weighted by molar-refractivity contribution is 5.95. The van der Waals surface area contributed by atoms with E-state index in [-0.39, 0.29) is 18.5 Å². The number of hydrogen-bond acceptors (Lipinski definition) is 4. The lowest BCUT2D eigenvalue weighted by Crippen LogP contribution is -2.50. The van der Waals surface area contributed by atoms with E-state index in [4.69, 9.17) is 5.26 Å². The van der Waals surface area contributed by atoms with Crippen LogP contribution in [0.3, 0.4) is 0 Å². The van der Waals surface area contributed by atoms with E-state index in [0.717, 1.165) is 30.6 Å². The van der Waals surface area contributed by atoms with Crippen molar-refractivity contribution in [3.8, 4) is 6.07 Å². The van der Waals surface area contributed by atoms with Crippen LogP contribution in [0.2, 0.25) is 0 Å². The van der Waals surface area contributed by atoms with Crippen LogP contribution in [0.4, 0.5) is 5.69 Å². The Balaban J connectivity index is 2.18. The Bertz CT molecular complexity index is 658. The van der Waals surface area contributed by atoms with Gasteiger partial charge in [0.2, 0.25) is 5.91 Å². The molecular weight excluding hydrogens is 314 g/mol. The third-order valence-electron chi connectivity index (χ3n) is 5.07. The van der Waals surface area contributed by atoms with Gasteiger partial charge in [-0.1, -0.05) is 6.07 Å². The number of benzene rings is 1. The normalized spacial score (nSPS) is 18.2. The molecule has 1 aromatic rings. The Morgan fingerprint density at radius 3 is 2.72 bits per heavy atom. The van der Waals surface area contributed by atoms with E-state index in [2.05, 4.69) is 11.0 Å². The summed E-state index contributed by atoms with van der Waals surface area (Å²) in [6.45, 7) is 9.15. The van der Waals surface area contributed by atoms with Crippen molar-refractivity contribution in [1.29, 1.82) is 5.26 Å². The molecule has 1 saturated heterocycles. The van der Waals surface area contributed by atoms with Gasteiger partial charge in [0, 0.05) is 18.3 Å². The molecule has 0 saturated carbocycles. The number of aryl methyl sites for hydroxylation is 2. The second kappa shape index (κ2) is 7.99. The van der Waals surface area contributed by atoms with Crippen molar-refractivity contribution in [1.82, 2.24) is 4.90 Å². The first-order valence-corrected chi connectivity index (χ1v) is 8.95. The zero-order valence-electron chi connectivity index (χ0n) is 15.7. The molecule has 5 heteroatoms. The maximum Gasteiger partial charge on any atom is 0.241 e. The molecule has 2 rings (SSSR count). The number of anilines is 1. The molecule has 25 heavy (non-hydrogen) atoms. The third-order valence-corrected chi connectivity index (χ3v) is 5.07. The van der Waals surface area contributed by atoms with Crippen molar-refractivity contribution in [2.75, 3.05) is 24.5 Å². The van der Waals surface area contributed by atoms with E-state index >= 15 is 0 Å². The maximum atomic E-state index is 13.0. The van der Waals surface area contributed by atoms with Gasteiger partial charge in [0.15, 0.2) is 0 Å². The first-order chi connectivity index (χ1) is 11.7. The molecule has 1 heterocycles. The molecule has 136 valence electrons. The molecule has 1 N–H and O–H groups in total. The highest BCUT2D eigenvalue weighted by Crippen LogP contribution is 2.27. The minimum Gasteiger partial charge on any atom is -0.389 e. The van der Waals surface area contributed by atoms with Gasteiger partial charge in [-0.15, -0.1) is 0 Å². The topological polar surface area (TPSA) is 67.6 Å². The van der Waals surface area contributed by atoms with Crippen LogP contribution >= 0.6 is 0 Å². The van der Waals surface area contributed by atoms with Crippen molar-refractivity contribution in [2.24, 2.45) is 0 Å². The Kier molecular flexibility index (Phi) is 6.21. The fourth-order valence-electron chi connectivity index (χ4n) is 3.53. The van der Waals surface area contributed by atoms with Crippen LogP contribution in [0.1, 0.15) is 44.2 Å². The first kappa shape index (κ1) is 19.4. The third kappa shape index (κ3) is 4.81. The predicted molar refractivity (Wildman–Crippen MR) is 99.4 cm³/mol. The van der Waals surface area contributed by atoms with Gasteiger partial charge in [-0.25, -0.2) is 0 Å². The predicted octanol–water partition coefficient (Wildman–Crippen LogP) is 2.79. The standard InChI is InChI=1S/C20H29N3O2/c1-15-8-9-17(13-16(15)2)23(12-6-10-21)19(24)14-22-11-5-7-18(22)20(3,4)25/h8-9,13,18,25H,5-7,11-12,14H2,1-4H3. The van der Waals surface area contributed by atoms with Crippen molar-refractivity contribution in [2.45, 2.75) is 58.6 Å². The van der Waals surface area contributed by atoms with Crippen molar-refractivity contribution in [3.63, 3.8) is 0 Å². The molecule has 1 atom stereocenters. The lowest BCUT2D eigenvalue weighted by molar-refractivity contribution is -0.121. The molecule has 0 radical (unpaired) electrons. The van der Waals surface area contributed by atoms with Crippen LogP contribution < -0.4 is 4.90 Å². The summed E-state index contributed by atoms with van der Waals surface area (Å²) in [5.74, 6) is -0.0188. The SMILES string of the molecule is Cc1ccc(N(CCC#N)C(=O)CN2CCCC2C(C)(C)O)cc1C. The van der Waals surface area contributed by atoms with Gasteiger partial charge in [-0.2, -0.15) is 5.26 Å². The summed E-state index contributed by atoms with van der Waals surface area (Å²) in [6.07, 6.45) is 2.19. The molecular formula is C20H29N3O2. The zero-order valence-corrected chi connectivity index (χ0v) is 15.7. The Labute approximate surface area is 150 Å². The van der Waals surface area contributed by atoms with Crippen LogP contribution in [0.5, 0.6) is 0 Å². The Morgan fingerprint density at radius 1 is 1.40 bits per heavy atom. The molecule has 0 aromatic heterocycles. The summed E-state index contributed by atoms with van der Waals surface area (Å²) >= 11 is 0. The van der Waals surface area contributed by atoms with Gasteiger partial charge in [-0.3, -0.25) is 9.69 Å². The van der Waals surface area contributed by atoms with Gasteiger partial charge < -0.3 is 10.0 Å². The fraction of sp³-hybridized carbons (Fsp3) is 0.600. The minimum absolute atomic E-state index is 0.00554. The molecule has 1 amide bonds. The molecule has 1 aromatic carbocycles. The second-order valence-corrected chi connectivity index (χ2v) is 7.50. The lowest BCUT2D eigenvalue weighted by Gasteiger charge is -2.34. The number of aliphatic hydroxyl groups is 1. The molecule has 0 bridgehead atoms. The number of nitriles is 1. The number of carbonyl (C=O) groups is 1. The average Bonchev–Trinajstić information content (AvgIpc) is 2.99. The number of hydrogen-bond donors (Lipinski definition) is 1. The highest BCUT2D eigenvalue weighted by atomic mass is 16.3. The Hall–Kier alpha value is -1.90. The summed E-state index contributed by atoms with van der Waals surface area (Å²) < 4.78 is 0. The fourth-order valence-corrected chi connectivity index (χ4v) is 3.53. The van der Waals surface area contributed by atoms with Gasteiger partial charge in [0.1, 0.15) is 0 Å². The smallest absolute Gasteiger partial charge is 0.241 e. The zero-order chi connectivity index (χ0) is 18.6. The minimum atomic E-state index is -0.825. The van der Waals surface area contributed by atoms with Gasteiger partial charge in [0.05, 0.1) is 24.6 Å². The summed E-state index contributed by atoms with van der Waals surface area (Å²) in [5, 5.41) is 19.3. The molecule has 0 spiro atoms. The molecule has 0 aliphatic carbocycles. The van der Waals surface area contributed by atoms with Crippen LogP contribution in [-0.4, -0.2) is 47.2 Å². The number of likely N-dealkylation sites (tertiary alicyclic amines) is 1. The molecule has 5 nitrogen and oxygen atoms in total.